The molecule has 1 amide bonds. The third-order valence-corrected chi connectivity index (χ3v) is 3.58. The normalized spacial score (nSPS) is 19.4. The van der Waals surface area contributed by atoms with E-state index in [-0.39, 0.29) is 23.7 Å². The number of carbonyl (C=O) groups excluding carboxylic acids is 1. The molecule has 1 fully saturated rings. The number of nitrogens with one attached hydrogen (secondary N) is 1. The van der Waals surface area contributed by atoms with Gasteiger partial charge in [0.05, 0.1) is 11.1 Å². The molecule has 1 aromatic heterocycles. The summed E-state index contributed by atoms with van der Waals surface area (Å²) in [6, 6.07) is 1.46. The van der Waals surface area contributed by atoms with Crippen LogP contribution in [0.3, 0.4) is 0 Å². The van der Waals surface area contributed by atoms with E-state index in [1.165, 1.54) is 12.3 Å². The maximum atomic E-state index is 12.6. The smallest absolute Gasteiger partial charge is 0.287 e. The first-order valence-electron chi connectivity index (χ1n) is 6.79. The molecular formula is C13H20N4O3. The third-order valence-electron chi connectivity index (χ3n) is 3.58. The Balaban J connectivity index is 2.35. The van der Waals surface area contributed by atoms with Gasteiger partial charge in [0.2, 0.25) is 0 Å². The van der Waals surface area contributed by atoms with Gasteiger partial charge in [0.25, 0.3) is 11.6 Å². The Morgan fingerprint density at radius 3 is 2.80 bits per heavy atom. The lowest BCUT2D eigenvalue weighted by atomic mass is 10.2. The van der Waals surface area contributed by atoms with Gasteiger partial charge in [-0.15, -0.1) is 0 Å². The van der Waals surface area contributed by atoms with Crippen LogP contribution in [0.4, 0.5) is 5.69 Å². The van der Waals surface area contributed by atoms with Crippen molar-refractivity contribution in [3.63, 3.8) is 0 Å². The van der Waals surface area contributed by atoms with E-state index in [4.69, 9.17) is 0 Å². The van der Waals surface area contributed by atoms with Crippen molar-refractivity contribution < 1.29 is 9.72 Å². The number of hydrogen-bond acceptors (Lipinski definition) is 4. The standard InChI is InChI=1S/C13H20N4O3/c1-9(2)16-8-11(17(19)20)6-12(16)13(18)15-5-4-14-7-10(15)3/h6,8-10,14H,4-5,7H2,1-3H3. The van der Waals surface area contributed by atoms with E-state index < -0.39 is 4.92 Å². The van der Waals surface area contributed by atoms with Crippen LogP contribution < -0.4 is 5.32 Å². The zero-order valence-electron chi connectivity index (χ0n) is 12.0. The van der Waals surface area contributed by atoms with Gasteiger partial charge in [-0.25, -0.2) is 0 Å². The second-order valence-corrected chi connectivity index (χ2v) is 5.39. The van der Waals surface area contributed by atoms with Gasteiger partial charge in [0.1, 0.15) is 5.69 Å². The summed E-state index contributed by atoms with van der Waals surface area (Å²) in [5.74, 6) is -0.138. The molecule has 20 heavy (non-hydrogen) atoms. The van der Waals surface area contributed by atoms with Crippen LogP contribution in [0.2, 0.25) is 0 Å². The number of nitrogens with zero attached hydrogens (tertiary/aromatic N) is 3. The lowest BCUT2D eigenvalue weighted by Crippen LogP contribution is -2.52. The number of carbonyl (C=O) groups is 1. The van der Waals surface area contributed by atoms with Gasteiger partial charge in [-0.05, 0) is 20.8 Å². The van der Waals surface area contributed by atoms with Gasteiger partial charge in [-0.1, -0.05) is 0 Å². The molecule has 2 rings (SSSR count). The van der Waals surface area contributed by atoms with E-state index in [2.05, 4.69) is 5.32 Å². The van der Waals surface area contributed by atoms with E-state index in [9.17, 15) is 14.9 Å². The fourth-order valence-corrected chi connectivity index (χ4v) is 2.45. The average molecular weight is 280 g/mol. The van der Waals surface area contributed by atoms with Crippen LogP contribution in [0, 0.1) is 10.1 Å². The van der Waals surface area contributed by atoms with Gasteiger partial charge >= 0.3 is 0 Å². The lowest BCUT2D eigenvalue weighted by Gasteiger charge is -2.34. The van der Waals surface area contributed by atoms with E-state index in [1.54, 1.807) is 9.47 Å². The highest BCUT2D eigenvalue weighted by Gasteiger charge is 2.28. The predicted molar refractivity (Wildman–Crippen MR) is 74.8 cm³/mol. The lowest BCUT2D eigenvalue weighted by molar-refractivity contribution is -0.384. The molecule has 1 aromatic rings. The first-order chi connectivity index (χ1) is 9.41. The molecule has 1 aliphatic rings. The Morgan fingerprint density at radius 1 is 1.55 bits per heavy atom. The Hall–Kier alpha value is -1.89. The van der Waals surface area contributed by atoms with E-state index in [0.29, 0.717) is 12.2 Å². The number of nitro groups is 1. The van der Waals surface area contributed by atoms with Crippen molar-refractivity contribution in [2.24, 2.45) is 0 Å². The van der Waals surface area contributed by atoms with Crippen molar-refractivity contribution in [3.05, 3.63) is 28.1 Å². The summed E-state index contributed by atoms with van der Waals surface area (Å²) in [5, 5.41) is 14.1. The maximum absolute atomic E-state index is 12.6. The Morgan fingerprint density at radius 2 is 2.25 bits per heavy atom. The molecule has 1 aliphatic heterocycles. The van der Waals surface area contributed by atoms with Crippen molar-refractivity contribution in [2.75, 3.05) is 19.6 Å². The minimum absolute atomic E-state index is 0.000807. The summed E-state index contributed by atoms with van der Waals surface area (Å²) in [7, 11) is 0. The summed E-state index contributed by atoms with van der Waals surface area (Å²) < 4.78 is 1.68. The molecule has 0 bridgehead atoms. The van der Waals surface area contributed by atoms with Crippen molar-refractivity contribution in [1.29, 1.82) is 0 Å². The fourth-order valence-electron chi connectivity index (χ4n) is 2.45. The van der Waals surface area contributed by atoms with Gasteiger partial charge in [-0.2, -0.15) is 0 Å². The molecule has 110 valence electrons. The zero-order valence-corrected chi connectivity index (χ0v) is 12.0. The van der Waals surface area contributed by atoms with Crippen LogP contribution in [0.25, 0.3) is 0 Å². The molecule has 0 spiro atoms. The van der Waals surface area contributed by atoms with Crippen LogP contribution in [0.1, 0.15) is 37.3 Å². The summed E-state index contributed by atoms with van der Waals surface area (Å²) in [6.07, 6.45) is 1.44. The zero-order chi connectivity index (χ0) is 14.9. The second kappa shape index (κ2) is 5.62. The topological polar surface area (TPSA) is 80.4 Å². The molecule has 7 heteroatoms. The number of rotatable bonds is 3. The fraction of sp³-hybridized carbons (Fsp3) is 0.615. The summed E-state index contributed by atoms with van der Waals surface area (Å²) in [4.78, 5) is 24.8. The molecule has 0 radical (unpaired) electrons. The number of piperazine rings is 1. The predicted octanol–water partition coefficient (Wildman–Crippen LogP) is 1.41. The highest BCUT2D eigenvalue weighted by molar-refractivity contribution is 5.94. The first-order valence-corrected chi connectivity index (χ1v) is 6.79. The Labute approximate surface area is 117 Å². The Bertz CT molecular complexity index is 524. The summed E-state index contributed by atoms with van der Waals surface area (Å²) >= 11 is 0. The second-order valence-electron chi connectivity index (χ2n) is 5.39. The minimum atomic E-state index is -0.461. The van der Waals surface area contributed by atoms with Crippen LogP contribution in [0.15, 0.2) is 12.3 Å². The van der Waals surface area contributed by atoms with Crippen molar-refractivity contribution in [2.45, 2.75) is 32.9 Å². The van der Waals surface area contributed by atoms with E-state index >= 15 is 0 Å². The largest absolute Gasteiger partial charge is 0.335 e. The molecule has 1 unspecified atom stereocenters. The number of hydrogen-bond donors (Lipinski definition) is 1. The van der Waals surface area contributed by atoms with E-state index in [0.717, 1.165) is 13.1 Å². The molecule has 0 aromatic carbocycles. The monoisotopic (exact) mass is 280 g/mol. The summed E-state index contributed by atoms with van der Waals surface area (Å²) in [6.45, 7) is 7.90. The first kappa shape index (κ1) is 14.5. The number of amides is 1. The van der Waals surface area contributed by atoms with Crippen LogP contribution in [-0.2, 0) is 0 Å². The van der Waals surface area contributed by atoms with Crippen LogP contribution >= 0.6 is 0 Å². The molecule has 7 nitrogen and oxygen atoms in total. The molecule has 2 heterocycles. The highest BCUT2D eigenvalue weighted by Crippen LogP contribution is 2.22. The Kier molecular flexibility index (Phi) is 4.08. The number of aromatic nitrogens is 1. The minimum Gasteiger partial charge on any atom is -0.335 e. The third kappa shape index (κ3) is 2.67. The molecule has 1 saturated heterocycles. The molecule has 0 saturated carbocycles. The SMILES string of the molecule is CC1CNCCN1C(=O)c1cc([N+](=O)[O-])cn1C(C)C. The van der Waals surface area contributed by atoms with Crippen molar-refractivity contribution in [1.82, 2.24) is 14.8 Å². The quantitative estimate of drug-likeness (QED) is 0.670. The molecule has 1 atom stereocenters. The maximum Gasteiger partial charge on any atom is 0.287 e. The molecular weight excluding hydrogens is 260 g/mol. The van der Waals surface area contributed by atoms with E-state index in [1.807, 2.05) is 20.8 Å². The molecule has 0 aliphatic carbocycles. The average Bonchev–Trinajstić information content (AvgIpc) is 2.84. The summed E-state index contributed by atoms with van der Waals surface area (Å²) in [5.41, 5.74) is 0.352. The van der Waals surface area contributed by atoms with Gasteiger partial charge in [-0.3, -0.25) is 14.9 Å². The van der Waals surface area contributed by atoms with Crippen molar-refractivity contribution >= 4 is 11.6 Å². The highest BCUT2D eigenvalue weighted by atomic mass is 16.6. The van der Waals surface area contributed by atoms with Crippen LogP contribution in [-0.4, -0.2) is 46.0 Å². The van der Waals surface area contributed by atoms with Gasteiger partial charge in [0, 0.05) is 37.8 Å². The van der Waals surface area contributed by atoms with Crippen molar-refractivity contribution in [3.8, 4) is 0 Å². The van der Waals surface area contributed by atoms with Gasteiger partial charge in [0.15, 0.2) is 0 Å². The van der Waals surface area contributed by atoms with Crippen LogP contribution in [0.5, 0.6) is 0 Å². The molecule has 1 N–H and O–H groups in total. The van der Waals surface area contributed by atoms with Gasteiger partial charge < -0.3 is 14.8 Å².